The van der Waals surface area contributed by atoms with E-state index in [0.717, 1.165) is 35.4 Å². The van der Waals surface area contributed by atoms with Gasteiger partial charge >= 0.3 is 0 Å². The van der Waals surface area contributed by atoms with Crippen LogP contribution >= 0.6 is 0 Å². The number of rotatable bonds is 10. The van der Waals surface area contributed by atoms with Gasteiger partial charge in [0.2, 0.25) is 0 Å². The molecule has 0 saturated heterocycles. The van der Waals surface area contributed by atoms with E-state index in [9.17, 15) is 4.39 Å². The average molecular weight is 368 g/mol. The third kappa shape index (κ3) is 5.50. The number of nitrogens with one attached hydrogen (secondary N) is 2. The van der Waals surface area contributed by atoms with Crippen LogP contribution in [0.4, 0.5) is 4.39 Å². The van der Waals surface area contributed by atoms with E-state index >= 15 is 0 Å². The number of hydrogen-bond donors (Lipinski definition) is 3. The summed E-state index contributed by atoms with van der Waals surface area (Å²) in [7, 11) is 0. The molecule has 0 bridgehead atoms. The summed E-state index contributed by atoms with van der Waals surface area (Å²) >= 11 is 0. The maximum atomic E-state index is 13.1. The monoisotopic (exact) mass is 368 g/mol. The highest BCUT2D eigenvalue weighted by Gasteiger charge is 2.09. The molecule has 0 radical (unpaired) electrons. The van der Waals surface area contributed by atoms with E-state index in [1.807, 2.05) is 18.2 Å². The first-order valence-electron chi connectivity index (χ1n) is 9.18. The molecule has 0 amide bonds. The second kappa shape index (κ2) is 10.0. The third-order valence-corrected chi connectivity index (χ3v) is 4.37. The minimum atomic E-state index is -0.246. The lowest BCUT2D eigenvalue weighted by molar-refractivity contribution is 0.292. The van der Waals surface area contributed by atoms with Crippen molar-refractivity contribution < 1.29 is 14.2 Å². The number of benzene rings is 3. The minimum Gasteiger partial charge on any atom is -0.489 e. The molecular weight excluding hydrogens is 343 g/mol. The predicted molar refractivity (Wildman–Crippen MR) is 106 cm³/mol. The van der Waals surface area contributed by atoms with Crippen LogP contribution in [0, 0.1) is 5.82 Å². The molecule has 0 aliphatic carbocycles. The number of aliphatic hydroxyl groups excluding tert-OH is 1. The molecular formula is C22H25FN2O2. The second-order valence-electron chi connectivity index (χ2n) is 6.33. The van der Waals surface area contributed by atoms with Gasteiger partial charge in [0.05, 0.1) is 6.61 Å². The van der Waals surface area contributed by atoms with Crippen LogP contribution in [0.25, 0.3) is 10.8 Å². The maximum Gasteiger partial charge on any atom is 0.124 e. The number of halogens is 1. The van der Waals surface area contributed by atoms with Crippen molar-refractivity contribution in [3.63, 3.8) is 0 Å². The van der Waals surface area contributed by atoms with Crippen LogP contribution in [-0.2, 0) is 13.2 Å². The van der Waals surface area contributed by atoms with E-state index < -0.39 is 0 Å². The zero-order chi connectivity index (χ0) is 18.9. The number of ether oxygens (including phenoxy) is 1. The topological polar surface area (TPSA) is 53.5 Å². The van der Waals surface area contributed by atoms with Crippen molar-refractivity contribution in [2.45, 2.75) is 13.2 Å². The van der Waals surface area contributed by atoms with Crippen molar-refractivity contribution in [1.82, 2.24) is 10.6 Å². The Labute approximate surface area is 159 Å². The SMILES string of the molecule is OCCNCCNCc1c(OCc2ccc(F)cc2)ccc2ccccc12. The molecule has 0 atom stereocenters. The summed E-state index contributed by atoms with van der Waals surface area (Å²) in [6.45, 7) is 3.40. The van der Waals surface area contributed by atoms with Gasteiger partial charge in [-0.1, -0.05) is 42.5 Å². The quantitative estimate of drug-likeness (QED) is 0.481. The summed E-state index contributed by atoms with van der Waals surface area (Å²) in [6, 6.07) is 18.7. The minimum absolute atomic E-state index is 0.144. The summed E-state index contributed by atoms with van der Waals surface area (Å²) in [6.07, 6.45) is 0. The molecule has 0 heterocycles. The van der Waals surface area contributed by atoms with Crippen molar-refractivity contribution in [1.29, 1.82) is 0 Å². The summed E-state index contributed by atoms with van der Waals surface area (Å²) < 4.78 is 19.1. The molecule has 3 rings (SSSR count). The van der Waals surface area contributed by atoms with E-state index in [1.165, 1.54) is 17.5 Å². The fourth-order valence-electron chi connectivity index (χ4n) is 2.97. The van der Waals surface area contributed by atoms with E-state index in [0.29, 0.717) is 19.7 Å². The molecule has 0 fully saturated rings. The fourth-order valence-corrected chi connectivity index (χ4v) is 2.97. The van der Waals surface area contributed by atoms with Gasteiger partial charge in [0.25, 0.3) is 0 Å². The largest absolute Gasteiger partial charge is 0.489 e. The van der Waals surface area contributed by atoms with Gasteiger partial charge in [-0.05, 0) is 34.5 Å². The Morgan fingerprint density at radius 3 is 2.44 bits per heavy atom. The van der Waals surface area contributed by atoms with Gasteiger partial charge < -0.3 is 20.5 Å². The van der Waals surface area contributed by atoms with Gasteiger partial charge in [-0.2, -0.15) is 0 Å². The first-order chi connectivity index (χ1) is 13.3. The van der Waals surface area contributed by atoms with Gasteiger partial charge in [0, 0.05) is 31.7 Å². The molecule has 0 saturated carbocycles. The molecule has 0 aromatic heterocycles. The Kier molecular flexibility index (Phi) is 7.16. The average Bonchev–Trinajstić information content (AvgIpc) is 2.70. The standard InChI is InChI=1S/C22H25FN2O2/c23-19-8-5-17(6-9-19)16-27-22-10-7-18-3-1-2-4-20(18)21(22)15-25-12-11-24-13-14-26/h1-10,24-26H,11-16H2. The Bertz CT molecular complexity index is 853. The summed E-state index contributed by atoms with van der Waals surface area (Å²) in [5.74, 6) is 0.581. The van der Waals surface area contributed by atoms with E-state index in [1.54, 1.807) is 12.1 Å². The van der Waals surface area contributed by atoms with Gasteiger partial charge in [-0.15, -0.1) is 0 Å². The lowest BCUT2D eigenvalue weighted by Crippen LogP contribution is -2.29. The van der Waals surface area contributed by atoms with Crippen molar-refractivity contribution in [3.8, 4) is 5.75 Å². The second-order valence-corrected chi connectivity index (χ2v) is 6.33. The van der Waals surface area contributed by atoms with Crippen molar-refractivity contribution >= 4 is 10.8 Å². The predicted octanol–water partition coefficient (Wildman–Crippen LogP) is 3.23. The smallest absolute Gasteiger partial charge is 0.124 e. The first kappa shape index (κ1) is 19.3. The fraction of sp³-hybridized carbons (Fsp3) is 0.273. The van der Waals surface area contributed by atoms with Gasteiger partial charge in [-0.3, -0.25) is 0 Å². The third-order valence-electron chi connectivity index (χ3n) is 4.37. The lowest BCUT2D eigenvalue weighted by atomic mass is 10.0. The Hall–Kier alpha value is -2.47. The summed E-state index contributed by atoms with van der Waals surface area (Å²) in [5.41, 5.74) is 2.04. The number of aliphatic hydroxyl groups is 1. The maximum absolute atomic E-state index is 13.1. The molecule has 0 unspecified atom stereocenters. The molecule has 3 aromatic rings. The van der Waals surface area contributed by atoms with Crippen LogP contribution in [-0.4, -0.2) is 31.3 Å². The molecule has 0 spiro atoms. The first-order valence-corrected chi connectivity index (χ1v) is 9.18. The van der Waals surface area contributed by atoms with Gasteiger partial charge in [-0.25, -0.2) is 4.39 Å². The molecule has 0 aliphatic rings. The molecule has 3 N–H and O–H groups in total. The number of fused-ring (bicyclic) bond motifs is 1. The Balaban J connectivity index is 1.71. The van der Waals surface area contributed by atoms with Crippen LogP contribution in [0.15, 0.2) is 60.7 Å². The van der Waals surface area contributed by atoms with Crippen LogP contribution in [0.3, 0.4) is 0 Å². The molecule has 27 heavy (non-hydrogen) atoms. The van der Waals surface area contributed by atoms with Crippen LogP contribution < -0.4 is 15.4 Å². The molecule has 5 heteroatoms. The van der Waals surface area contributed by atoms with E-state index in [-0.39, 0.29) is 12.4 Å². The van der Waals surface area contributed by atoms with Gasteiger partial charge in [0.1, 0.15) is 18.2 Å². The normalized spacial score (nSPS) is 11.0. The van der Waals surface area contributed by atoms with E-state index in [2.05, 4.69) is 28.8 Å². The molecule has 4 nitrogen and oxygen atoms in total. The molecule has 3 aromatic carbocycles. The van der Waals surface area contributed by atoms with E-state index in [4.69, 9.17) is 9.84 Å². The zero-order valence-electron chi connectivity index (χ0n) is 15.2. The summed E-state index contributed by atoms with van der Waals surface area (Å²) in [4.78, 5) is 0. The highest BCUT2D eigenvalue weighted by molar-refractivity contribution is 5.87. The number of hydrogen-bond acceptors (Lipinski definition) is 4. The Morgan fingerprint density at radius 1 is 0.852 bits per heavy atom. The summed E-state index contributed by atoms with van der Waals surface area (Å²) in [5, 5.41) is 17.7. The van der Waals surface area contributed by atoms with Crippen molar-refractivity contribution in [2.75, 3.05) is 26.2 Å². The van der Waals surface area contributed by atoms with Crippen molar-refractivity contribution in [3.05, 3.63) is 77.6 Å². The molecule has 0 aliphatic heterocycles. The van der Waals surface area contributed by atoms with Crippen LogP contribution in [0.1, 0.15) is 11.1 Å². The molecule has 142 valence electrons. The highest BCUT2D eigenvalue weighted by atomic mass is 19.1. The zero-order valence-corrected chi connectivity index (χ0v) is 15.2. The van der Waals surface area contributed by atoms with Crippen LogP contribution in [0.2, 0.25) is 0 Å². The van der Waals surface area contributed by atoms with Crippen LogP contribution in [0.5, 0.6) is 5.75 Å². The van der Waals surface area contributed by atoms with Crippen molar-refractivity contribution in [2.24, 2.45) is 0 Å². The Morgan fingerprint density at radius 2 is 1.63 bits per heavy atom. The lowest BCUT2D eigenvalue weighted by Gasteiger charge is -2.15. The van der Waals surface area contributed by atoms with Gasteiger partial charge in [0.15, 0.2) is 0 Å². The highest BCUT2D eigenvalue weighted by Crippen LogP contribution is 2.28.